The van der Waals surface area contributed by atoms with Crippen LogP contribution in [0.25, 0.3) is 0 Å². The van der Waals surface area contributed by atoms with Crippen LogP contribution in [0.15, 0.2) is 12.4 Å². The van der Waals surface area contributed by atoms with Crippen molar-refractivity contribution in [3.63, 3.8) is 0 Å². The first kappa shape index (κ1) is 12.7. The summed E-state index contributed by atoms with van der Waals surface area (Å²) in [4.78, 5) is 22.9. The Morgan fingerprint density at radius 3 is 1.95 bits per heavy atom. The molecular formula is C14H18N6. The minimum absolute atomic E-state index is 0.758. The van der Waals surface area contributed by atoms with Crippen LogP contribution in [0.2, 0.25) is 0 Å². The summed E-state index contributed by atoms with van der Waals surface area (Å²) in [5.41, 5.74) is 4.35. The zero-order valence-corrected chi connectivity index (χ0v) is 11.9. The normalized spacial score (nSPS) is 11.2. The fourth-order valence-electron chi connectivity index (χ4n) is 2.37. The fourth-order valence-corrected chi connectivity index (χ4v) is 2.37. The second-order valence-corrected chi connectivity index (χ2v) is 5.09. The molecule has 6 nitrogen and oxygen atoms in total. The Morgan fingerprint density at radius 2 is 1.40 bits per heavy atom. The van der Waals surface area contributed by atoms with Crippen molar-refractivity contribution >= 4 is 0 Å². The van der Waals surface area contributed by atoms with E-state index in [1.165, 1.54) is 0 Å². The number of aromatic nitrogens is 6. The average Bonchev–Trinajstić information content (AvgIpc) is 3.04. The summed E-state index contributed by atoms with van der Waals surface area (Å²) >= 11 is 0. The van der Waals surface area contributed by atoms with Gasteiger partial charge in [-0.05, 0) is 20.8 Å². The van der Waals surface area contributed by atoms with Gasteiger partial charge in [-0.3, -0.25) is 0 Å². The van der Waals surface area contributed by atoms with Crippen LogP contribution in [0.1, 0.15) is 40.2 Å². The van der Waals surface area contributed by atoms with Crippen molar-refractivity contribution < 1.29 is 0 Å². The molecule has 0 aliphatic rings. The number of aromatic amines is 3. The van der Waals surface area contributed by atoms with Gasteiger partial charge in [0.05, 0.1) is 5.69 Å². The molecule has 0 radical (unpaired) electrons. The standard InChI is InChI=1S/C14H18N6/c1-8-15-6-11(17-8)4-13-14(20-10(3)19-13)5-12-7-16-9(2)18-12/h6-7H,4-5H2,1-3H3,(H,15,17)(H,16,18)(H,19,20). The van der Waals surface area contributed by atoms with E-state index in [2.05, 4.69) is 29.9 Å². The van der Waals surface area contributed by atoms with Crippen LogP contribution in [0.3, 0.4) is 0 Å². The van der Waals surface area contributed by atoms with E-state index in [4.69, 9.17) is 0 Å². The van der Waals surface area contributed by atoms with Crippen LogP contribution < -0.4 is 0 Å². The highest BCUT2D eigenvalue weighted by atomic mass is 15.0. The van der Waals surface area contributed by atoms with Crippen LogP contribution >= 0.6 is 0 Å². The smallest absolute Gasteiger partial charge is 0.103 e. The van der Waals surface area contributed by atoms with Gasteiger partial charge in [0.25, 0.3) is 0 Å². The van der Waals surface area contributed by atoms with E-state index in [1.807, 2.05) is 33.2 Å². The van der Waals surface area contributed by atoms with E-state index in [-0.39, 0.29) is 0 Å². The minimum Gasteiger partial charge on any atom is -0.346 e. The van der Waals surface area contributed by atoms with Crippen LogP contribution in [0.5, 0.6) is 0 Å². The Kier molecular flexibility index (Phi) is 3.14. The maximum absolute atomic E-state index is 4.58. The van der Waals surface area contributed by atoms with Crippen molar-refractivity contribution in [1.29, 1.82) is 0 Å². The van der Waals surface area contributed by atoms with Gasteiger partial charge in [-0.25, -0.2) is 15.0 Å². The number of nitrogens with zero attached hydrogens (tertiary/aromatic N) is 3. The molecule has 0 fully saturated rings. The summed E-state index contributed by atoms with van der Waals surface area (Å²) in [5.74, 6) is 2.79. The van der Waals surface area contributed by atoms with Gasteiger partial charge in [0, 0.05) is 42.3 Å². The zero-order valence-electron chi connectivity index (χ0n) is 11.9. The zero-order chi connectivity index (χ0) is 14.1. The van der Waals surface area contributed by atoms with Crippen molar-refractivity contribution in [3.8, 4) is 0 Å². The molecule has 0 saturated carbocycles. The molecule has 0 unspecified atom stereocenters. The summed E-state index contributed by atoms with van der Waals surface area (Å²) in [5, 5.41) is 0. The number of hydrogen-bond acceptors (Lipinski definition) is 3. The maximum Gasteiger partial charge on any atom is 0.103 e. The molecule has 0 amide bonds. The lowest BCUT2D eigenvalue weighted by Crippen LogP contribution is -1.97. The Hall–Kier alpha value is -2.37. The number of aryl methyl sites for hydroxylation is 3. The number of rotatable bonds is 4. The van der Waals surface area contributed by atoms with Crippen LogP contribution in [0.4, 0.5) is 0 Å². The van der Waals surface area contributed by atoms with Gasteiger partial charge in [0.15, 0.2) is 0 Å². The Bertz CT molecular complexity index is 658. The first-order valence-electron chi connectivity index (χ1n) is 6.65. The quantitative estimate of drug-likeness (QED) is 0.677. The highest BCUT2D eigenvalue weighted by Gasteiger charge is 2.12. The molecular weight excluding hydrogens is 252 g/mol. The molecule has 0 aliphatic heterocycles. The van der Waals surface area contributed by atoms with E-state index < -0.39 is 0 Å². The SMILES string of the molecule is Cc1ncc(Cc2nc(C)[nH]c2Cc2cnc(C)[nH]2)[nH]1. The summed E-state index contributed by atoms with van der Waals surface area (Å²) in [7, 11) is 0. The maximum atomic E-state index is 4.58. The second kappa shape index (κ2) is 4.96. The Morgan fingerprint density at radius 1 is 0.800 bits per heavy atom. The minimum atomic E-state index is 0.758. The Labute approximate surface area is 117 Å². The van der Waals surface area contributed by atoms with Crippen LogP contribution in [-0.4, -0.2) is 29.9 Å². The highest BCUT2D eigenvalue weighted by Crippen LogP contribution is 2.14. The van der Waals surface area contributed by atoms with E-state index in [0.29, 0.717) is 0 Å². The van der Waals surface area contributed by atoms with Crippen LogP contribution in [-0.2, 0) is 12.8 Å². The van der Waals surface area contributed by atoms with Gasteiger partial charge in [-0.2, -0.15) is 0 Å². The number of H-pyrrole nitrogens is 3. The van der Waals surface area contributed by atoms with E-state index in [0.717, 1.165) is 53.1 Å². The topological polar surface area (TPSA) is 86.0 Å². The molecule has 3 heterocycles. The summed E-state index contributed by atoms with van der Waals surface area (Å²) in [6.45, 7) is 5.88. The molecule has 104 valence electrons. The van der Waals surface area contributed by atoms with Crippen molar-refractivity contribution in [2.45, 2.75) is 33.6 Å². The van der Waals surface area contributed by atoms with E-state index in [9.17, 15) is 0 Å². The number of nitrogens with one attached hydrogen (secondary N) is 3. The molecule has 3 aromatic rings. The van der Waals surface area contributed by atoms with Crippen molar-refractivity contribution in [2.24, 2.45) is 0 Å². The monoisotopic (exact) mass is 270 g/mol. The predicted molar refractivity (Wildman–Crippen MR) is 75.6 cm³/mol. The molecule has 0 bridgehead atoms. The molecule has 3 N–H and O–H groups in total. The third-order valence-electron chi connectivity index (χ3n) is 3.22. The molecule has 0 saturated heterocycles. The lowest BCUT2D eigenvalue weighted by atomic mass is 10.1. The van der Waals surface area contributed by atoms with Gasteiger partial charge >= 0.3 is 0 Å². The molecule has 3 aromatic heterocycles. The first-order valence-corrected chi connectivity index (χ1v) is 6.65. The lowest BCUT2D eigenvalue weighted by Gasteiger charge is -2.00. The first-order chi connectivity index (χ1) is 9.60. The molecule has 0 atom stereocenters. The molecule has 0 aliphatic carbocycles. The summed E-state index contributed by atoms with van der Waals surface area (Å²) < 4.78 is 0. The van der Waals surface area contributed by atoms with Gasteiger partial charge in [-0.1, -0.05) is 0 Å². The fraction of sp³-hybridized carbons (Fsp3) is 0.357. The molecule has 0 aromatic carbocycles. The van der Waals surface area contributed by atoms with Gasteiger partial charge in [0.2, 0.25) is 0 Å². The van der Waals surface area contributed by atoms with Crippen molar-refractivity contribution in [2.75, 3.05) is 0 Å². The van der Waals surface area contributed by atoms with E-state index in [1.54, 1.807) is 0 Å². The van der Waals surface area contributed by atoms with Gasteiger partial charge in [0.1, 0.15) is 17.5 Å². The van der Waals surface area contributed by atoms with Crippen molar-refractivity contribution in [3.05, 3.63) is 52.6 Å². The molecule has 6 heteroatoms. The second-order valence-electron chi connectivity index (χ2n) is 5.09. The van der Waals surface area contributed by atoms with E-state index >= 15 is 0 Å². The number of imidazole rings is 3. The average molecular weight is 270 g/mol. The molecule has 0 spiro atoms. The molecule has 20 heavy (non-hydrogen) atoms. The van der Waals surface area contributed by atoms with Crippen molar-refractivity contribution in [1.82, 2.24) is 29.9 Å². The van der Waals surface area contributed by atoms with Gasteiger partial charge in [-0.15, -0.1) is 0 Å². The summed E-state index contributed by atoms with van der Waals surface area (Å²) in [6.07, 6.45) is 5.27. The third kappa shape index (κ3) is 2.64. The largest absolute Gasteiger partial charge is 0.346 e. The third-order valence-corrected chi connectivity index (χ3v) is 3.22. The van der Waals surface area contributed by atoms with Gasteiger partial charge < -0.3 is 15.0 Å². The molecule has 3 rings (SSSR count). The summed E-state index contributed by atoms with van der Waals surface area (Å²) in [6, 6.07) is 0. The van der Waals surface area contributed by atoms with Crippen LogP contribution in [0, 0.1) is 20.8 Å². The predicted octanol–water partition coefficient (Wildman–Crippen LogP) is 1.96. The number of hydrogen-bond donors (Lipinski definition) is 3. The highest BCUT2D eigenvalue weighted by molar-refractivity contribution is 5.24. The Balaban J connectivity index is 1.84. The lowest BCUT2D eigenvalue weighted by molar-refractivity contribution is 0.971.